The van der Waals surface area contributed by atoms with Crippen LogP contribution in [-0.2, 0) is 27.3 Å². The van der Waals surface area contributed by atoms with Crippen molar-refractivity contribution in [3.63, 3.8) is 0 Å². The van der Waals surface area contributed by atoms with Crippen LogP contribution in [-0.4, -0.2) is 51.0 Å². The number of hydrogen-bond donors (Lipinski definition) is 0. The van der Waals surface area contributed by atoms with E-state index in [0.717, 1.165) is 78.5 Å². The Balaban J connectivity index is 1.27. The number of methoxy groups -OCH3 is 2. The summed E-state index contributed by atoms with van der Waals surface area (Å²) in [5, 5.41) is 0. The highest BCUT2D eigenvalue weighted by atomic mass is 16.5. The third-order valence-corrected chi connectivity index (χ3v) is 8.90. The van der Waals surface area contributed by atoms with Gasteiger partial charge in [0.1, 0.15) is 23.9 Å². The minimum absolute atomic E-state index is 0.107. The average molecular weight is 543 g/mol. The summed E-state index contributed by atoms with van der Waals surface area (Å²) < 4.78 is 23.3. The molecule has 3 aliphatic rings. The summed E-state index contributed by atoms with van der Waals surface area (Å²) in [6, 6.07) is 16.5. The Morgan fingerprint density at radius 3 is 2.77 bits per heavy atom. The van der Waals surface area contributed by atoms with E-state index < -0.39 is 5.41 Å². The first kappa shape index (κ1) is 26.6. The van der Waals surface area contributed by atoms with Crippen LogP contribution in [0.1, 0.15) is 41.5 Å². The normalized spacial score (nSPS) is 23.1. The number of esters is 1. The van der Waals surface area contributed by atoms with Crippen molar-refractivity contribution in [2.45, 2.75) is 52.2 Å². The number of para-hydroxylation sites is 1. The number of benzene rings is 2. The zero-order chi connectivity index (χ0) is 27.9. The van der Waals surface area contributed by atoms with Crippen LogP contribution in [0.4, 0.5) is 5.82 Å². The Morgan fingerprint density at radius 1 is 1.10 bits per heavy atom. The molecular formula is C33H38N2O5. The number of aromatic nitrogens is 1. The van der Waals surface area contributed by atoms with Gasteiger partial charge in [0.15, 0.2) is 0 Å². The molecule has 1 aromatic heterocycles. The summed E-state index contributed by atoms with van der Waals surface area (Å²) in [7, 11) is 3.15. The molecular weight excluding hydrogens is 504 g/mol. The maximum atomic E-state index is 12.8. The fraction of sp³-hybridized carbons (Fsp3) is 0.455. The number of fused-ring (bicyclic) bond motifs is 2. The van der Waals surface area contributed by atoms with Crippen molar-refractivity contribution in [2.24, 2.45) is 11.3 Å². The number of piperidine rings is 1. The zero-order valence-corrected chi connectivity index (χ0v) is 23.9. The SMILES string of the molecule is COC[C@H]1N(c2cccc(-c3cccc(C)c3OCc3cc(C)c4c(c3)OCCCC4)n2)C[C@@H]2C[C@@]21C(=O)OC. The summed E-state index contributed by atoms with van der Waals surface area (Å²) >= 11 is 0. The van der Waals surface area contributed by atoms with Crippen molar-refractivity contribution in [1.82, 2.24) is 4.98 Å². The Labute approximate surface area is 236 Å². The van der Waals surface area contributed by atoms with Crippen LogP contribution in [0.3, 0.4) is 0 Å². The summed E-state index contributed by atoms with van der Waals surface area (Å²) in [6.07, 6.45) is 4.16. The van der Waals surface area contributed by atoms with Crippen molar-refractivity contribution in [3.05, 3.63) is 70.8 Å². The van der Waals surface area contributed by atoms with Crippen molar-refractivity contribution in [2.75, 3.05) is 38.9 Å². The molecule has 3 atom stereocenters. The van der Waals surface area contributed by atoms with E-state index in [0.29, 0.717) is 13.2 Å². The second-order valence-corrected chi connectivity index (χ2v) is 11.4. The van der Waals surface area contributed by atoms with E-state index in [9.17, 15) is 4.79 Å². The second kappa shape index (κ2) is 10.8. The van der Waals surface area contributed by atoms with E-state index in [4.69, 9.17) is 23.9 Å². The van der Waals surface area contributed by atoms with Crippen molar-refractivity contribution < 1.29 is 23.7 Å². The minimum atomic E-state index is -0.504. The monoisotopic (exact) mass is 542 g/mol. The Kier molecular flexibility index (Phi) is 7.17. The van der Waals surface area contributed by atoms with Crippen LogP contribution >= 0.6 is 0 Å². The molecule has 210 valence electrons. The lowest BCUT2D eigenvalue weighted by molar-refractivity contribution is -0.148. The Hall–Kier alpha value is -3.58. The second-order valence-electron chi connectivity index (χ2n) is 11.4. The molecule has 1 saturated heterocycles. The highest BCUT2D eigenvalue weighted by Crippen LogP contribution is 2.62. The molecule has 7 heteroatoms. The number of pyridine rings is 1. The van der Waals surface area contributed by atoms with Gasteiger partial charge in [-0.05, 0) is 92.0 Å². The molecule has 1 saturated carbocycles. The van der Waals surface area contributed by atoms with Crippen LogP contribution in [0.25, 0.3) is 11.3 Å². The van der Waals surface area contributed by atoms with E-state index in [-0.39, 0.29) is 17.9 Å². The van der Waals surface area contributed by atoms with Gasteiger partial charge in [0.2, 0.25) is 0 Å². The number of nitrogens with zero attached hydrogens (tertiary/aromatic N) is 2. The molecule has 3 aromatic rings. The summed E-state index contributed by atoms with van der Waals surface area (Å²) in [5.41, 5.74) is 6.00. The number of aryl methyl sites for hydroxylation is 2. The fourth-order valence-electron chi connectivity index (χ4n) is 6.76. The molecule has 0 radical (unpaired) electrons. The first-order chi connectivity index (χ1) is 19.5. The molecule has 3 heterocycles. The predicted molar refractivity (Wildman–Crippen MR) is 154 cm³/mol. The highest BCUT2D eigenvalue weighted by molar-refractivity contribution is 5.84. The molecule has 1 aliphatic carbocycles. The predicted octanol–water partition coefficient (Wildman–Crippen LogP) is 5.67. The van der Waals surface area contributed by atoms with Gasteiger partial charge in [-0.25, -0.2) is 4.98 Å². The lowest BCUT2D eigenvalue weighted by atomic mass is 9.96. The lowest BCUT2D eigenvalue weighted by Crippen LogP contribution is -2.44. The molecule has 2 aromatic carbocycles. The summed E-state index contributed by atoms with van der Waals surface area (Å²) in [4.78, 5) is 20.1. The van der Waals surface area contributed by atoms with Gasteiger partial charge in [0, 0.05) is 19.2 Å². The average Bonchev–Trinajstić information content (AvgIpc) is 3.67. The number of carbonyl (C=O) groups is 1. The maximum absolute atomic E-state index is 12.8. The van der Waals surface area contributed by atoms with E-state index in [2.05, 4.69) is 43.0 Å². The molecule has 40 heavy (non-hydrogen) atoms. The zero-order valence-electron chi connectivity index (χ0n) is 23.9. The van der Waals surface area contributed by atoms with Crippen molar-refractivity contribution >= 4 is 11.8 Å². The molecule has 2 fully saturated rings. The van der Waals surface area contributed by atoms with Gasteiger partial charge in [0.05, 0.1) is 37.5 Å². The number of rotatable bonds is 8. The van der Waals surface area contributed by atoms with E-state index in [1.54, 1.807) is 7.11 Å². The van der Waals surface area contributed by atoms with Gasteiger partial charge >= 0.3 is 5.97 Å². The van der Waals surface area contributed by atoms with Gasteiger partial charge in [-0.1, -0.05) is 24.3 Å². The number of anilines is 1. The summed E-state index contributed by atoms with van der Waals surface area (Å²) in [5.74, 6) is 2.77. The van der Waals surface area contributed by atoms with Gasteiger partial charge in [-0.3, -0.25) is 4.79 Å². The first-order valence-corrected chi connectivity index (χ1v) is 14.2. The molecule has 6 rings (SSSR count). The quantitative estimate of drug-likeness (QED) is 0.340. The van der Waals surface area contributed by atoms with Crippen molar-refractivity contribution in [3.8, 4) is 22.8 Å². The third kappa shape index (κ3) is 4.60. The third-order valence-electron chi connectivity index (χ3n) is 8.90. The van der Waals surface area contributed by atoms with Crippen LogP contribution in [0.5, 0.6) is 11.5 Å². The molecule has 2 aliphatic heterocycles. The van der Waals surface area contributed by atoms with Crippen LogP contribution in [0.15, 0.2) is 48.5 Å². The van der Waals surface area contributed by atoms with Crippen LogP contribution in [0.2, 0.25) is 0 Å². The number of hydrogen-bond acceptors (Lipinski definition) is 7. The smallest absolute Gasteiger partial charge is 0.314 e. The van der Waals surface area contributed by atoms with Crippen LogP contribution < -0.4 is 14.4 Å². The standard InChI is InChI=1S/C33H38N2O5/c1-21-9-7-11-26(31(21)40-19-23-15-22(2)25-10-5-6-14-39-28(25)16-23)27-12-8-13-30(34-27)35-18-24-17-33(24,32(36)38-4)29(35)20-37-3/h7-9,11-13,15-16,24,29H,5-6,10,14,17-20H2,1-4H3/t24-,29+,33+/m0/s1. The summed E-state index contributed by atoms with van der Waals surface area (Å²) in [6.45, 7) is 6.65. The first-order valence-electron chi connectivity index (χ1n) is 14.2. The Bertz CT molecular complexity index is 1420. The molecule has 0 spiro atoms. The van der Waals surface area contributed by atoms with Gasteiger partial charge in [-0.15, -0.1) is 0 Å². The topological polar surface area (TPSA) is 70.1 Å². The van der Waals surface area contributed by atoms with E-state index in [1.165, 1.54) is 18.2 Å². The lowest BCUT2D eigenvalue weighted by Gasteiger charge is -2.31. The molecule has 0 bridgehead atoms. The maximum Gasteiger partial charge on any atom is 0.314 e. The van der Waals surface area contributed by atoms with E-state index >= 15 is 0 Å². The highest BCUT2D eigenvalue weighted by Gasteiger charge is 2.71. The van der Waals surface area contributed by atoms with Crippen LogP contribution in [0, 0.1) is 25.2 Å². The molecule has 7 nitrogen and oxygen atoms in total. The van der Waals surface area contributed by atoms with Gasteiger partial charge in [-0.2, -0.15) is 0 Å². The molecule has 0 N–H and O–H groups in total. The minimum Gasteiger partial charge on any atom is -0.493 e. The molecule has 0 unspecified atom stereocenters. The Morgan fingerprint density at radius 2 is 1.95 bits per heavy atom. The van der Waals surface area contributed by atoms with Crippen molar-refractivity contribution in [1.29, 1.82) is 0 Å². The van der Waals surface area contributed by atoms with Gasteiger partial charge in [0.25, 0.3) is 0 Å². The number of ether oxygens (including phenoxy) is 4. The fourth-order valence-corrected chi connectivity index (χ4v) is 6.76. The largest absolute Gasteiger partial charge is 0.493 e. The van der Waals surface area contributed by atoms with Gasteiger partial charge < -0.3 is 23.8 Å². The van der Waals surface area contributed by atoms with E-state index in [1.807, 2.05) is 24.3 Å². The molecule has 0 amide bonds. The number of carbonyl (C=O) groups excluding carboxylic acids is 1.